The monoisotopic (exact) mass is 413 g/mol. The van der Waals surface area contributed by atoms with Crippen LogP contribution in [-0.2, 0) is 22.6 Å². The number of hydrogen-bond acceptors (Lipinski definition) is 3. The third kappa shape index (κ3) is 4.55. The van der Waals surface area contributed by atoms with E-state index in [4.69, 9.17) is 0 Å². The summed E-state index contributed by atoms with van der Waals surface area (Å²) in [6, 6.07) is 7.93. The summed E-state index contributed by atoms with van der Waals surface area (Å²) in [6.07, 6.45) is -4.23. The zero-order valence-corrected chi connectivity index (χ0v) is 14.2. The van der Waals surface area contributed by atoms with Crippen molar-refractivity contribution in [2.45, 2.75) is 16.8 Å². The van der Waals surface area contributed by atoms with E-state index in [1.165, 1.54) is 18.2 Å². The van der Waals surface area contributed by atoms with Crippen LogP contribution in [0, 0.1) is 0 Å². The van der Waals surface area contributed by atoms with Crippen LogP contribution in [-0.4, -0.2) is 15.0 Å². The van der Waals surface area contributed by atoms with Gasteiger partial charge >= 0.3 is 6.18 Å². The normalized spacial score (nSPS) is 12.5. The summed E-state index contributed by atoms with van der Waals surface area (Å²) >= 11 is 4.24. The number of thiophene rings is 1. The molecule has 1 N–H and O–H groups in total. The van der Waals surface area contributed by atoms with Gasteiger partial charge in [0.05, 0.1) is 9.35 Å². The maximum atomic E-state index is 12.6. The minimum absolute atomic E-state index is 0.0269. The molecule has 0 bridgehead atoms. The van der Waals surface area contributed by atoms with Gasteiger partial charge in [-0.05, 0) is 46.1 Å². The van der Waals surface area contributed by atoms with E-state index >= 15 is 0 Å². The smallest absolute Gasteiger partial charge is 0.210 e. The van der Waals surface area contributed by atoms with Crippen molar-refractivity contribution >= 4 is 37.3 Å². The lowest BCUT2D eigenvalue weighted by Crippen LogP contribution is -2.25. The van der Waals surface area contributed by atoms with Gasteiger partial charge in [0.15, 0.2) is 0 Å². The van der Waals surface area contributed by atoms with Gasteiger partial charge in [-0.25, -0.2) is 13.1 Å². The van der Waals surface area contributed by atoms with Gasteiger partial charge in [0, 0.05) is 6.54 Å². The molecule has 1 heterocycles. The summed E-state index contributed by atoms with van der Waals surface area (Å²) in [4.78, 5) is 0. The van der Waals surface area contributed by atoms with E-state index in [0.717, 1.165) is 23.5 Å². The van der Waals surface area contributed by atoms with Crippen molar-refractivity contribution in [2.24, 2.45) is 0 Å². The lowest BCUT2D eigenvalue weighted by Gasteiger charge is -2.09. The first-order valence-corrected chi connectivity index (χ1v) is 9.19. The van der Waals surface area contributed by atoms with E-state index < -0.39 is 21.8 Å². The van der Waals surface area contributed by atoms with E-state index in [-0.39, 0.29) is 17.2 Å². The predicted octanol–water partition coefficient (Wildman–Crippen LogP) is 4.05. The highest BCUT2D eigenvalue weighted by Crippen LogP contribution is 2.29. The third-order valence-corrected chi connectivity index (χ3v) is 6.35. The molecule has 1 aromatic carbocycles. The molecule has 0 saturated heterocycles. The van der Waals surface area contributed by atoms with Gasteiger partial charge in [0.2, 0.25) is 10.0 Å². The fourth-order valence-electron chi connectivity index (χ4n) is 1.75. The van der Waals surface area contributed by atoms with Crippen LogP contribution in [0.2, 0.25) is 0 Å². The molecule has 120 valence electrons. The highest BCUT2D eigenvalue weighted by molar-refractivity contribution is 9.11. The van der Waals surface area contributed by atoms with Crippen molar-refractivity contribution in [1.82, 2.24) is 4.72 Å². The molecule has 0 aliphatic carbocycles. The molecule has 22 heavy (non-hydrogen) atoms. The minimum Gasteiger partial charge on any atom is -0.210 e. The number of nitrogens with one attached hydrogen (secondary N) is 1. The van der Waals surface area contributed by atoms with Gasteiger partial charge in [-0.3, -0.25) is 0 Å². The Hall–Kier alpha value is -0.900. The maximum absolute atomic E-state index is 12.6. The van der Waals surface area contributed by atoms with Gasteiger partial charge in [-0.2, -0.15) is 13.2 Å². The second-order valence-electron chi connectivity index (χ2n) is 4.40. The lowest BCUT2D eigenvalue weighted by atomic mass is 10.1. The Morgan fingerprint density at radius 3 is 2.50 bits per heavy atom. The molecule has 1 aromatic heterocycles. The van der Waals surface area contributed by atoms with E-state index in [2.05, 4.69) is 20.7 Å². The molecular formula is C13H11BrF3NO2S2. The van der Waals surface area contributed by atoms with Gasteiger partial charge in [-0.1, -0.05) is 18.2 Å². The summed E-state index contributed by atoms with van der Waals surface area (Å²) in [5.41, 5.74) is -0.320. The molecule has 0 aliphatic rings. The maximum Gasteiger partial charge on any atom is 0.416 e. The van der Waals surface area contributed by atoms with Crippen molar-refractivity contribution < 1.29 is 21.6 Å². The summed E-state index contributed by atoms with van der Waals surface area (Å²) in [7, 11) is -3.63. The molecule has 0 saturated carbocycles. The van der Waals surface area contributed by atoms with Crippen LogP contribution in [0.5, 0.6) is 0 Å². The summed E-state index contributed by atoms with van der Waals surface area (Å²) in [6.45, 7) is 0.0269. The van der Waals surface area contributed by atoms with Gasteiger partial charge < -0.3 is 0 Å². The molecule has 0 atom stereocenters. The Bertz CT molecular complexity index is 757. The number of rotatable bonds is 5. The average molecular weight is 414 g/mol. The van der Waals surface area contributed by atoms with Crippen LogP contribution in [0.4, 0.5) is 13.2 Å². The van der Waals surface area contributed by atoms with E-state index in [1.807, 2.05) is 0 Å². The van der Waals surface area contributed by atoms with Crippen LogP contribution in [0.3, 0.4) is 0 Å². The van der Waals surface area contributed by atoms with Crippen molar-refractivity contribution in [3.8, 4) is 0 Å². The van der Waals surface area contributed by atoms with Crippen molar-refractivity contribution in [3.05, 3.63) is 51.3 Å². The van der Waals surface area contributed by atoms with Crippen molar-refractivity contribution in [2.75, 3.05) is 6.54 Å². The number of alkyl halides is 3. The van der Waals surface area contributed by atoms with Gasteiger partial charge in [0.1, 0.15) is 4.21 Å². The Balaban J connectivity index is 1.99. The number of halogens is 4. The second-order valence-corrected chi connectivity index (χ2v) is 8.86. The predicted molar refractivity (Wildman–Crippen MR) is 82.4 cm³/mol. The minimum atomic E-state index is -4.40. The number of sulfonamides is 1. The molecule has 2 aromatic rings. The van der Waals surface area contributed by atoms with Crippen molar-refractivity contribution in [1.29, 1.82) is 0 Å². The topological polar surface area (TPSA) is 46.2 Å². The lowest BCUT2D eigenvalue weighted by molar-refractivity contribution is -0.137. The highest BCUT2D eigenvalue weighted by atomic mass is 79.9. The molecule has 3 nitrogen and oxygen atoms in total. The first-order valence-electron chi connectivity index (χ1n) is 6.09. The Labute approximate surface area is 138 Å². The third-order valence-electron chi connectivity index (χ3n) is 2.77. The molecule has 0 amide bonds. The first kappa shape index (κ1) is 17.5. The van der Waals surface area contributed by atoms with Gasteiger partial charge in [0.25, 0.3) is 0 Å². The van der Waals surface area contributed by atoms with E-state index in [9.17, 15) is 21.6 Å². The molecule has 0 radical (unpaired) electrons. The molecule has 0 unspecified atom stereocenters. The second kappa shape index (κ2) is 6.69. The number of hydrogen-bond donors (Lipinski definition) is 1. The molecule has 9 heteroatoms. The fraction of sp³-hybridized carbons (Fsp3) is 0.231. The standard InChI is InChI=1S/C13H11BrF3NO2S2/c14-11-4-5-12(21-11)22(19,20)18-7-6-9-2-1-3-10(8-9)13(15,16)17/h1-5,8,18H,6-7H2. The quantitative estimate of drug-likeness (QED) is 0.803. The number of benzene rings is 1. The molecule has 2 rings (SSSR count). The Morgan fingerprint density at radius 1 is 1.18 bits per heavy atom. The zero-order valence-electron chi connectivity index (χ0n) is 11.0. The molecule has 0 spiro atoms. The zero-order chi connectivity index (χ0) is 16.4. The molecular weight excluding hydrogens is 403 g/mol. The van der Waals surface area contributed by atoms with Gasteiger partial charge in [-0.15, -0.1) is 11.3 Å². The van der Waals surface area contributed by atoms with Crippen LogP contribution in [0.15, 0.2) is 44.4 Å². The molecule has 0 aliphatic heterocycles. The largest absolute Gasteiger partial charge is 0.416 e. The van der Waals surface area contributed by atoms with Crippen LogP contribution in [0.25, 0.3) is 0 Å². The summed E-state index contributed by atoms with van der Waals surface area (Å²) in [5.74, 6) is 0. The molecule has 0 fully saturated rings. The van der Waals surface area contributed by atoms with Crippen molar-refractivity contribution in [3.63, 3.8) is 0 Å². The van der Waals surface area contributed by atoms with E-state index in [1.54, 1.807) is 6.07 Å². The average Bonchev–Trinajstić information content (AvgIpc) is 2.85. The van der Waals surface area contributed by atoms with E-state index in [0.29, 0.717) is 9.35 Å². The Kier molecular flexibility index (Phi) is 5.31. The summed E-state index contributed by atoms with van der Waals surface area (Å²) < 4.78 is 64.9. The Morgan fingerprint density at radius 2 is 1.91 bits per heavy atom. The van der Waals surface area contributed by atoms with Crippen LogP contribution in [0.1, 0.15) is 11.1 Å². The fourth-order valence-corrected chi connectivity index (χ4v) is 4.83. The highest BCUT2D eigenvalue weighted by Gasteiger charge is 2.30. The van der Waals surface area contributed by atoms with Crippen LogP contribution < -0.4 is 4.72 Å². The first-order chi connectivity index (χ1) is 10.2. The summed E-state index contributed by atoms with van der Waals surface area (Å²) in [5, 5.41) is 0. The van der Waals surface area contributed by atoms with Crippen LogP contribution >= 0.6 is 27.3 Å². The SMILES string of the molecule is O=S(=O)(NCCc1cccc(C(F)(F)F)c1)c1ccc(Br)s1.